The van der Waals surface area contributed by atoms with E-state index in [1.165, 1.54) is 12.6 Å². The second kappa shape index (κ2) is 8.72. The first-order valence-corrected chi connectivity index (χ1v) is 12.7. The normalized spacial score (nSPS) is 13.2. The number of para-hydroxylation sites is 1. The van der Waals surface area contributed by atoms with E-state index in [1.54, 1.807) is 40.9 Å². The summed E-state index contributed by atoms with van der Waals surface area (Å²) in [7, 11) is -2.03. The van der Waals surface area contributed by atoms with Gasteiger partial charge >= 0.3 is 0 Å². The van der Waals surface area contributed by atoms with E-state index >= 15 is 0 Å². The van der Waals surface area contributed by atoms with E-state index in [-0.39, 0.29) is 5.91 Å². The van der Waals surface area contributed by atoms with E-state index in [4.69, 9.17) is 4.98 Å². The fraction of sp³-hybridized carbons (Fsp3) is 0.217. The Balaban J connectivity index is 1.56. The lowest BCUT2D eigenvalue weighted by atomic mass is 10.1. The van der Waals surface area contributed by atoms with Crippen LogP contribution in [0.2, 0.25) is 0 Å². The Morgan fingerprint density at radius 1 is 1.06 bits per heavy atom. The third-order valence-corrected chi connectivity index (χ3v) is 7.43. The SMILES string of the molecule is CN(c1ccccc1C(=O)N1CCc2nc(SCc3ccccc3)ccc21)S(C)(=O)=O. The molecule has 4 rings (SSSR count). The molecule has 0 radical (unpaired) electrons. The maximum absolute atomic E-state index is 13.3. The highest BCUT2D eigenvalue weighted by Gasteiger charge is 2.29. The molecular weight excluding hydrogens is 430 g/mol. The van der Waals surface area contributed by atoms with E-state index in [0.717, 1.165) is 32.7 Å². The fourth-order valence-corrected chi connectivity index (χ4v) is 4.88. The van der Waals surface area contributed by atoms with Gasteiger partial charge in [-0.2, -0.15) is 0 Å². The third kappa shape index (κ3) is 4.60. The van der Waals surface area contributed by atoms with Crippen LogP contribution in [0.4, 0.5) is 11.4 Å². The summed E-state index contributed by atoms with van der Waals surface area (Å²) in [6.45, 7) is 0.519. The highest BCUT2D eigenvalue weighted by atomic mass is 32.2. The van der Waals surface area contributed by atoms with Gasteiger partial charge in [0.05, 0.1) is 33.9 Å². The molecule has 0 N–H and O–H groups in total. The van der Waals surface area contributed by atoms with E-state index in [1.807, 2.05) is 30.3 Å². The van der Waals surface area contributed by atoms with Crippen LogP contribution in [0.15, 0.2) is 71.8 Å². The van der Waals surface area contributed by atoms with E-state index in [0.29, 0.717) is 24.2 Å². The molecule has 2 aromatic carbocycles. The zero-order valence-electron chi connectivity index (χ0n) is 17.4. The molecule has 0 spiro atoms. The molecule has 2 heterocycles. The molecule has 1 amide bonds. The van der Waals surface area contributed by atoms with Gasteiger partial charge in [-0.3, -0.25) is 9.10 Å². The predicted octanol–water partition coefficient (Wildman–Crippen LogP) is 3.97. The summed E-state index contributed by atoms with van der Waals surface area (Å²) in [6.07, 6.45) is 1.79. The molecule has 1 aliphatic rings. The molecule has 0 aliphatic carbocycles. The summed E-state index contributed by atoms with van der Waals surface area (Å²) in [6, 6.07) is 20.9. The molecule has 3 aromatic rings. The Labute approximate surface area is 187 Å². The summed E-state index contributed by atoms with van der Waals surface area (Å²) in [5.41, 5.74) is 3.63. The average Bonchev–Trinajstić information content (AvgIpc) is 3.20. The molecule has 0 saturated carbocycles. The van der Waals surface area contributed by atoms with Gasteiger partial charge in [-0.1, -0.05) is 42.5 Å². The molecule has 160 valence electrons. The predicted molar refractivity (Wildman–Crippen MR) is 125 cm³/mol. The minimum atomic E-state index is -3.48. The standard InChI is InChI=1S/C23H23N3O3S2/c1-25(31(2,28)29)20-11-7-6-10-18(20)23(27)26-15-14-19-21(26)12-13-22(24-19)30-16-17-8-4-3-5-9-17/h3-13H,14-16H2,1-2H3. The van der Waals surface area contributed by atoms with Gasteiger partial charge in [0.15, 0.2) is 0 Å². The average molecular weight is 454 g/mol. The monoisotopic (exact) mass is 453 g/mol. The quantitative estimate of drug-likeness (QED) is 0.528. The highest BCUT2D eigenvalue weighted by molar-refractivity contribution is 7.98. The number of carbonyl (C=O) groups is 1. The number of aromatic nitrogens is 1. The van der Waals surface area contributed by atoms with Crippen molar-refractivity contribution in [1.29, 1.82) is 0 Å². The number of hydrogen-bond donors (Lipinski definition) is 0. The van der Waals surface area contributed by atoms with Crippen molar-refractivity contribution in [2.24, 2.45) is 0 Å². The molecule has 0 fully saturated rings. The number of carbonyl (C=O) groups excluding carboxylic acids is 1. The fourth-order valence-electron chi connectivity index (χ4n) is 3.52. The first-order valence-electron chi connectivity index (χ1n) is 9.86. The maximum atomic E-state index is 13.3. The van der Waals surface area contributed by atoms with E-state index in [2.05, 4.69) is 12.1 Å². The molecule has 0 unspecified atom stereocenters. The van der Waals surface area contributed by atoms with Crippen molar-refractivity contribution in [3.05, 3.63) is 83.6 Å². The number of amides is 1. The maximum Gasteiger partial charge on any atom is 0.260 e. The smallest absolute Gasteiger partial charge is 0.260 e. The summed E-state index contributed by atoms with van der Waals surface area (Å²) in [5.74, 6) is 0.608. The zero-order chi connectivity index (χ0) is 22.0. The van der Waals surface area contributed by atoms with Crippen LogP contribution >= 0.6 is 11.8 Å². The topological polar surface area (TPSA) is 70.6 Å². The number of nitrogens with zero attached hydrogens (tertiary/aromatic N) is 3. The largest absolute Gasteiger partial charge is 0.306 e. The lowest BCUT2D eigenvalue weighted by molar-refractivity contribution is 0.0990. The van der Waals surface area contributed by atoms with Gasteiger partial charge < -0.3 is 4.90 Å². The van der Waals surface area contributed by atoms with Gasteiger partial charge in [0, 0.05) is 25.8 Å². The molecule has 1 aliphatic heterocycles. The van der Waals surface area contributed by atoms with Crippen LogP contribution in [0.5, 0.6) is 0 Å². The van der Waals surface area contributed by atoms with Crippen LogP contribution in [0.1, 0.15) is 21.6 Å². The Morgan fingerprint density at radius 3 is 2.52 bits per heavy atom. The van der Waals surface area contributed by atoms with E-state index < -0.39 is 10.0 Å². The van der Waals surface area contributed by atoms with E-state index in [9.17, 15) is 13.2 Å². The first kappa shape index (κ1) is 21.4. The van der Waals surface area contributed by atoms with Crippen LogP contribution < -0.4 is 9.21 Å². The number of fused-ring (bicyclic) bond motifs is 1. The lowest BCUT2D eigenvalue weighted by Gasteiger charge is -2.23. The Morgan fingerprint density at radius 2 is 1.77 bits per heavy atom. The highest BCUT2D eigenvalue weighted by Crippen LogP contribution is 2.33. The van der Waals surface area contributed by atoms with Crippen molar-refractivity contribution in [1.82, 2.24) is 4.98 Å². The molecule has 0 atom stereocenters. The van der Waals surface area contributed by atoms with Gasteiger partial charge in [-0.15, -0.1) is 11.8 Å². The molecule has 8 heteroatoms. The number of hydrogen-bond acceptors (Lipinski definition) is 5. The number of anilines is 2. The van der Waals surface area contributed by atoms with Gasteiger partial charge in [0.25, 0.3) is 5.91 Å². The van der Waals surface area contributed by atoms with Gasteiger partial charge in [-0.25, -0.2) is 13.4 Å². The molecule has 1 aromatic heterocycles. The van der Waals surface area contributed by atoms with Crippen molar-refractivity contribution in [3.8, 4) is 0 Å². The van der Waals surface area contributed by atoms with Crippen LogP contribution in [-0.2, 0) is 22.2 Å². The number of thioether (sulfide) groups is 1. The molecule has 31 heavy (non-hydrogen) atoms. The van der Waals surface area contributed by atoms with Crippen molar-refractivity contribution in [3.63, 3.8) is 0 Å². The number of benzene rings is 2. The second-order valence-corrected chi connectivity index (χ2v) is 10.4. The first-order chi connectivity index (χ1) is 14.8. The molecule has 0 bridgehead atoms. The van der Waals surface area contributed by atoms with Crippen molar-refractivity contribution in [2.75, 3.05) is 29.1 Å². The second-order valence-electron chi connectivity index (χ2n) is 7.34. The summed E-state index contributed by atoms with van der Waals surface area (Å²) >= 11 is 1.67. The Hall–Kier alpha value is -2.84. The van der Waals surface area contributed by atoms with Crippen molar-refractivity contribution in [2.45, 2.75) is 17.2 Å². The lowest BCUT2D eigenvalue weighted by Crippen LogP contribution is -2.32. The van der Waals surface area contributed by atoms with Crippen molar-refractivity contribution < 1.29 is 13.2 Å². The van der Waals surface area contributed by atoms with Crippen molar-refractivity contribution >= 4 is 39.1 Å². The van der Waals surface area contributed by atoms with Gasteiger partial charge in [0.2, 0.25) is 10.0 Å². The van der Waals surface area contributed by atoms with Gasteiger partial charge in [0.1, 0.15) is 0 Å². The van der Waals surface area contributed by atoms with Crippen LogP contribution in [0.25, 0.3) is 0 Å². The minimum Gasteiger partial charge on any atom is -0.306 e. The van der Waals surface area contributed by atoms with Gasteiger partial charge in [-0.05, 0) is 29.8 Å². The summed E-state index contributed by atoms with van der Waals surface area (Å²) < 4.78 is 25.2. The third-order valence-electron chi connectivity index (χ3n) is 5.23. The van der Waals surface area contributed by atoms with Crippen LogP contribution in [0, 0.1) is 0 Å². The molecule has 0 saturated heterocycles. The number of sulfonamides is 1. The minimum absolute atomic E-state index is 0.226. The Bertz CT molecular complexity index is 1210. The van der Waals surface area contributed by atoms with Crippen LogP contribution in [-0.4, -0.2) is 39.2 Å². The summed E-state index contributed by atoms with van der Waals surface area (Å²) in [5, 5.41) is 0.925. The van der Waals surface area contributed by atoms with Crippen LogP contribution in [0.3, 0.4) is 0 Å². The number of rotatable bonds is 6. The molecule has 6 nitrogen and oxygen atoms in total. The number of pyridine rings is 1. The Kier molecular flexibility index (Phi) is 6.02. The summed E-state index contributed by atoms with van der Waals surface area (Å²) in [4.78, 5) is 19.8. The zero-order valence-corrected chi connectivity index (χ0v) is 19.0. The molecular formula is C23H23N3O3S2.